The summed E-state index contributed by atoms with van der Waals surface area (Å²) in [5, 5.41) is 0.574. The molecule has 2 aromatic carbocycles. The first kappa shape index (κ1) is 13.8. The van der Waals surface area contributed by atoms with Crippen molar-refractivity contribution in [3.05, 3.63) is 58.6 Å². The van der Waals surface area contributed by atoms with Crippen LogP contribution in [0.2, 0.25) is 5.02 Å². The summed E-state index contributed by atoms with van der Waals surface area (Å²) in [4.78, 5) is 2.34. The summed E-state index contributed by atoms with van der Waals surface area (Å²) in [6, 6.07) is 13.9. The largest absolute Gasteiger partial charge is 0.389 e. The fraction of sp³-hybridized carbons (Fsp3) is 0.133. The molecule has 0 spiro atoms. The van der Waals surface area contributed by atoms with Crippen molar-refractivity contribution in [1.29, 1.82) is 0 Å². The monoisotopic (exact) mass is 290 g/mol. The number of hydrogen-bond donors (Lipinski definition) is 1. The zero-order valence-corrected chi connectivity index (χ0v) is 12.4. The number of thiocarbonyl (C=S) groups is 1. The van der Waals surface area contributed by atoms with Crippen molar-refractivity contribution in [2.45, 2.75) is 6.92 Å². The SMILES string of the molecule is Cc1cccc(N(C)c2cccc(Cl)c2C(N)=S)c1. The van der Waals surface area contributed by atoms with E-state index in [-0.39, 0.29) is 0 Å². The van der Waals surface area contributed by atoms with E-state index in [0.29, 0.717) is 15.6 Å². The fourth-order valence-electron chi connectivity index (χ4n) is 2.01. The molecule has 0 atom stereocenters. The van der Waals surface area contributed by atoms with E-state index in [0.717, 1.165) is 11.4 Å². The summed E-state index contributed by atoms with van der Waals surface area (Å²) in [6.07, 6.45) is 0. The summed E-state index contributed by atoms with van der Waals surface area (Å²) in [7, 11) is 1.97. The van der Waals surface area contributed by atoms with Crippen molar-refractivity contribution < 1.29 is 0 Å². The minimum atomic E-state index is 0.306. The number of halogens is 1. The molecule has 0 unspecified atom stereocenters. The second-order valence-electron chi connectivity index (χ2n) is 4.40. The first-order valence-electron chi connectivity index (χ1n) is 5.89. The number of anilines is 2. The number of rotatable bonds is 3. The zero-order chi connectivity index (χ0) is 14.0. The molecular weight excluding hydrogens is 276 g/mol. The number of hydrogen-bond acceptors (Lipinski definition) is 2. The van der Waals surface area contributed by atoms with Crippen LogP contribution in [0.1, 0.15) is 11.1 Å². The van der Waals surface area contributed by atoms with Crippen molar-refractivity contribution in [1.82, 2.24) is 0 Å². The van der Waals surface area contributed by atoms with Crippen LogP contribution in [0.3, 0.4) is 0 Å². The quantitative estimate of drug-likeness (QED) is 0.865. The Bertz CT molecular complexity index is 625. The van der Waals surface area contributed by atoms with Crippen molar-refractivity contribution in [3.8, 4) is 0 Å². The van der Waals surface area contributed by atoms with E-state index in [1.54, 1.807) is 6.07 Å². The lowest BCUT2D eigenvalue weighted by Crippen LogP contribution is -2.18. The Morgan fingerprint density at radius 3 is 2.53 bits per heavy atom. The van der Waals surface area contributed by atoms with Crippen LogP contribution >= 0.6 is 23.8 Å². The summed E-state index contributed by atoms with van der Waals surface area (Å²) < 4.78 is 0. The Kier molecular flexibility index (Phi) is 4.08. The minimum Gasteiger partial charge on any atom is -0.389 e. The molecule has 0 heterocycles. The molecule has 0 radical (unpaired) electrons. The van der Waals surface area contributed by atoms with Gasteiger partial charge in [0.25, 0.3) is 0 Å². The predicted molar refractivity (Wildman–Crippen MR) is 86.6 cm³/mol. The van der Waals surface area contributed by atoms with E-state index < -0.39 is 0 Å². The molecule has 98 valence electrons. The van der Waals surface area contributed by atoms with E-state index in [4.69, 9.17) is 29.6 Å². The van der Waals surface area contributed by atoms with Gasteiger partial charge >= 0.3 is 0 Å². The normalized spacial score (nSPS) is 10.3. The molecular formula is C15H15ClN2S. The van der Waals surface area contributed by atoms with Crippen LogP contribution in [-0.2, 0) is 0 Å². The van der Waals surface area contributed by atoms with Crippen LogP contribution < -0.4 is 10.6 Å². The Morgan fingerprint density at radius 2 is 1.89 bits per heavy atom. The molecule has 0 saturated heterocycles. The lowest BCUT2D eigenvalue weighted by molar-refractivity contribution is 1.20. The molecule has 19 heavy (non-hydrogen) atoms. The van der Waals surface area contributed by atoms with Gasteiger partial charge in [-0.3, -0.25) is 0 Å². The lowest BCUT2D eigenvalue weighted by atomic mass is 10.1. The smallest absolute Gasteiger partial charge is 0.107 e. The molecule has 0 fully saturated rings. The summed E-state index contributed by atoms with van der Waals surface area (Å²) >= 11 is 11.3. The maximum Gasteiger partial charge on any atom is 0.107 e. The third kappa shape index (κ3) is 2.88. The molecule has 2 nitrogen and oxygen atoms in total. The summed E-state index contributed by atoms with van der Waals surface area (Å²) in [6.45, 7) is 2.06. The molecule has 4 heteroatoms. The molecule has 0 saturated carbocycles. The summed E-state index contributed by atoms with van der Waals surface area (Å²) in [5.41, 5.74) is 9.67. The Labute approximate surface area is 123 Å². The van der Waals surface area contributed by atoms with Crippen LogP contribution in [0.5, 0.6) is 0 Å². The number of aryl methyl sites for hydroxylation is 1. The molecule has 2 aromatic rings. The topological polar surface area (TPSA) is 29.3 Å². The molecule has 0 bridgehead atoms. The van der Waals surface area contributed by atoms with E-state index in [9.17, 15) is 0 Å². The van der Waals surface area contributed by atoms with Gasteiger partial charge in [-0.15, -0.1) is 0 Å². The van der Waals surface area contributed by atoms with Crippen LogP contribution in [0.15, 0.2) is 42.5 Å². The number of nitrogens with zero attached hydrogens (tertiary/aromatic N) is 1. The number of nitrogens with two attached hydrogens (primary N) is 1. The Morgan fingerprint density at radius 1 is 1.21 bits per heavy atom. The van der Waals surface area contributed by atoms with E-state index in [1.165, 1.54) is 5.56 Å². The maximum absolute atomic E-state index is 6.19. The molecule has 0 aliphatic heterocycles. The third-order valence-electron chi connectivity index (χ3n) is 2.99. The average molecular weight is 291 g/mol. The average Bonchev–Trinajstić information content (AvgIpc) is 2.37. The van der Waals surface area contributed by atoms with Gasteiger partial charge in [-0.1, -0.05) is 42.0 Å². The van der Waals surface area contributed by atoms with Crippen LogP contribution in [-0.4, -0.2) is 12.0 Å². The van der Waals surface area contributed by atoms with Crippen molar-refractivity contribution in [3.63, 3.8) is 0 Å². The van der Waals surface area contributed by atoms with E-state index in [1.807, 2.05) is 36.2 Å². The standard InChI is InChI=1S/C15H15ClN2S/c1-10-5-3-6-11(9-10)18(2)13-8-4-7-12(16)14(13)15(17)19/h3-9H,1-2H3,(H2,17,19). The van der Waals surface area contributed by atoms with E-state index >= 15 is 0 Å². The second-order valence-corrected chi connectivity index (χ2v) is 5.24. The molecule has 0 amide bonds. The van der Waals surface area contributed by atoms with Gasteiger partial charge in [0.1, 0.15) is 4.99 Å². The van der Waals surface area contributed by atoms with Crippen LogP contribution in [0, 0.1) is 6.92 Å². The summed E-state index contributed by atoms with van der Waals surface area (Å²) in [5.74, 6) is 0. The van der Waals surface area contributed by atoms with Gasteiger partial charge in [-0.25, -0.2) is 0 Å². The van der Waals surface area contributed by atoms with Crippen molar-refractivity contribution >= 4 is 40.2 Å². The third-order valence-corrected chi connectivity index (χ3v) is 3.51. The van der Waals surface area contributed by atoms with Gasteiger partial charge in [0, 0.05) is 12.7 Å². The van der Waals surface area contributed by atoms with Crippen molar-refractivity contribution in [2.75, 3.05) is 11.9 Å². The van der Waals surface area contributed by atoms with Gasteiger partial charge < -0.3 is 10.6 Å². The number of benzene rings is 2. The Hall–Kier alpha value is -1.58. The predicted octanol–water partition coefficient (Wildman–Crippen LogP) is 4.05. The van der Waals surface area contributed by atoms with Crippen molar-refractivity contribution in [2.24, 2.45) is 5.73 Å². The molecule has 0 aliphatic carbocycles. The highest BCUT2D eigenvalue weighted by Crippen LogP contribution is 2.31. The highest BCUT2D eigenvalue weighted by molar-refractivity contribution is 7.80. The first-order chi connectivity index (χ1) is 9.00. The Balaban J connectivity index is 2.53. The molecule has 2 N–H and O–H groups in total. The molecule has 2 rings (SSSR count). The van der Waals surface area contributed by atoms with Crippen LogP contribution in [0.25, 0.3) is 0 Å². The van der Waals surface area contributed by atoms with Gasteiger partial charge in [0.2, 0.25) is 0 Å². The van der Waals surface area contributed by atoms with Gasteiger partial charge in [0.05, 0.1) is 16.3 Å². The highest BCUT2D eigenvalue weighted by atomic mass is 35.5. The second kappa shape index (κ2) is 5.59. The highest BCUT2D eigenvalue weighted by Gasteiger charge is 2.14. The minimum absolute atomic E-state index is 0.306. The lowest BCUT2D eigenvalue weighted by Gasteiger charge is -2.23. The fourth-order valence-corrected chi connectivity index (χ4v) is 2.55. The molecule has 0 aromatic heterocycles. The van der Waals surface area contributed by atoms with Gasteiger partial charge in [-0.2, -0.15) is 0 Å². The van der Waals surface area contributed by atoms with Gasteiger partial charge in [-0.05, 0) is 36.8 Å². The van der Waals surface area contributed by atoms with Gasteiger partial charge in [0.15, 0.2) is 0 Å². The first-order valence-corrected chi connectivity index (χ1v) is 6.68. The van der Waals surface area contributed by atoms with E-state index in [2.05, 4.69) is 19.1 Å². The maximum atomic E-state index is 6.19. The van der Waals surface area contributed by atoms with Crippen LogP contribution in [0.4, 0.5) is 11.4 Å². The molecule has 0 aliphatic rings. The zero-order valence-electron chi connectivity index (χ0n) is 10.9.